The van der Waals surface area contributed by atoms with Gasteiger partial charge in [-0.05, 0) is 73.5 Å². The molecule has 0 bridgehead atoms. The number of piperidine rings is 1. The van der Waals surface area contributed by atoms with Gasteiger partial charge < -0.3 is 20.3 Å². The van der Waals surface area contributed by atoms with E-state index in [1.165, 1.54) is 5.56 Å². The summed E-state index contributed by atoms with van der Waals surface area (Å²) in [5.74, 6) is 0.511. The zero-order valence-corrected chi connectivity index (χ0v) is 21.3. The highest BCUT2D eigenvalue weighted by Gasteiger charge is 2.16. The van der Waals surface area contributed by atoms with Crippen molar-refractivity contribution in [3.05, 3.63) is 82.4 Å². The second-order valence-electron chi connectivity index (χ2n) is 8.94. The summed E-state index contributed by atoms with van der Waals surface area (Å²) in [5.41, 5.74) is 4.34. The van der Waals surface area contributed by atoms with Crippen LogP contribution in [0, 0.1) is 6.92 Å². The number of likely N-dealkylation sites (tertiary alicyclic amines) is 1. The largest absolute Gasteiger partial charge is 0.393 e. The Bertz CT molecular complexity index is 1340. The first kappa shape index (κ1) is 25.5. The van der Waals surface area contributed by atoms with Crippen LogP contribution in [0.2, 0.25) is 0 Å². The van der Waals surface area contributed by atoms with Gasteiger partial charge in [0, 0.05) is 37.2 Å². The maximum Gasteiger partial charge on any atom is 0.259 e. The van der Waals surface area contributed by atoms with Gasteiger partial charge in [0.25, 0.3) is 5.56 Å². The lowest BCUT2D eigenvalue weighted by Crippen LogP contribution is -2.37. The van der Waals surface area contributed by atoms with Gasteiger partial charge in [-0.2, -0.15) is 0 Å². The summed E-state index contributed by atoms with van der Waals surface area (Å²) in [6, 6.07) is 17.9. The fraction of sp³-hybridized carbons (Fsp3) is 0.345. The normalized spacial score (nSPS) is 14.3. The van der Waals surface area contributed by atoms with Crippen molar-refractivity contribution in [2.45, 2.75) is 46.1 Å². The molecule has 0 amide bonds. The molecule has 1 aliphatic heterocycles. The van der Waals surface area contributed by atoms with Crippen LogP contribution in [-0.2, 0) is 6.42 Å². The first-order valence-electron chi connectivity index (χ1n) is 12.8. The fourth-order valence-corrected chi connectivity index (χ4v) is 4.44. The van der Waals surface area contributed by atoms with Gasteiger partial charge in [-0.25, -0.2) is 4.98 Å². The standard InChI is InChI=1S/C27H29N5O2.C2H6/c1-18-3-2-4-23(29-18)24-17-20-9-13-28-27(34)25(20)26(31-24)30-21-7-5-19(6-8-21)10-14-32-15-11-22(33)12-16-32;1-2/h2-9,13,17,22,33H,10-12,14-16H2,1H3,(H,28,34)(H,30,31);1-2H3. The fourth-order valence-electron chi connectivity index (χ4n) is 4.44. The number of pyridine rings is 3. The summed E-state index contributed by atoms with van der Waals surface area (Å²) in [5, 5.41) is 14.4. The third kappa shape index (κ3) is 6.17. The van der Waals surface area contributed by atoms with Crippen LogP contribution < -0.4 is 10.9 Å². The highest BCUT2D eigenvalue weighted by atomic mass is 16.3. The molecule has 7 heteroatoms. The molecule has 3 N–H and O–H groups in total. The van der Waals surface area contributed by atoms with Gasteiger partial charge in [0.2, 0.25) is 0 Å². The minimum atomic E-state index is -0.181. The molecule has 1 aromatic carbocycles. The Morgan fingerprint density at radius 2 is 1.78 bits per heavy atom. The van der Waals surface area contributed by atoms with Crippen molar-refractivity contribution in [1.29, 1.82) is 0 Å². The second kappa shape index (κ2) is 11.9. The van der Waals surface area contributed by atoms with E-state index in [9.17, 15) is 9.90 Å². The summed E-state index contributed by atoms with van der Waals surface area (Å²) in [4.78, 5) is 27.2. The Morgan fingerprint density at radius 3 is 2.50 bits per heavy atom. The van der Waals surface area contributed by atoms with Gasteiger partial charge in [-0.15, -0.1) is 0 Å². The predicted octanol–water partition coefficient (Wildman–Crippen LogP) is 5.06. The molecule has 7 nitrogen and oxygen atoms in total. The van der Waals surface area contributed by atoms with E-state index in [0.29, 0.717) is 16.9 Å². The summed E-state index contributed by atoms with van der Waals surface area (Å²) in [6.07, 6.45) is 4.20. The van der Waals surface area contributed by atoms with Gasteiger partial charge in [0.05, 0.1) is 22.9 Å². The first-order chi connectivity index (χ1) is 17.5. The van der Waals surface area contributed by atoms with E-state index in [2.05, 4.69) is 32.3 Å². The minimum Gasteiger partial charge on any atom is -0.393 e. The maximum atomic E-state index is 12.6. The third-order valence-electron chi connectivity index (χ3n) is 6.40. The van der Waals surface area contributed by atoms with E-state index < -0.39 is 0 Å². The van der Waals surface area contributed by atoms with Gasteiger partial charge in [0.1, 0.15) is 5.82 Å². The Morgan fingerprint density at radius 1 is 1.03 bits per heavy atom. The number of anilines is 2. The average molecular weight is 486 g/mol. The van der Waals surface area contributed by atoms with Crippen molar-refractivity contribution >= 4 is 22.3 Å². The topological polar surface area (TPSA) is 94.1 Å². The molecule has 0 aliphatic carbocycles. The van der Waals surface area contributed by atoms with Crippen LogP contribution in [0.1, 0.15) is 37.9 Å². The van der Waals surface area contributed by atoms with Gasteiger partial charge in [-0.1, -0.05) is 32.0 Å². The van der Waals surface area contributed by atoms with Crippen molar-refractivity contribution in [3.8, 4) is 11.4 Å². The lowest BCUT2D eigenvalue weighted by atomic mass is 10.1. The van der Waals surface area contributed by atoms with Crippen molar-refractivity contribution in [2.75, 3.05) is 25.0 Å². The van der Waals surface area contributed by atoms with Gasteiger partial charge >= 0.3 is 0 Å². The van der Waals surface area contributed by atoms with Crippen LogP contribution in [0.4, 0.5) is 11.5 Å². The average Bonchev–Trinajstić information content (AvgIpc) is 2.90. The molecule has 1 fully saturated rings. The summed E-state index contributed by atoms with van der Waals surface area (Å²) in [7, 11) is 0. The molecular formula is C29H35N5O2. The van der Waals surface area contributed by atoms with Gasteiger partial charge in [-0.3, -0.25) is 9.78 Å². The van der Waals surface area contributed by atoms with Crippen molar-refractivity contribution < 1.29 is 5.11 Å². The number of aliphatic hydroxyl groups is 1. The SMILES string of the molecule is CC.Cc1cccc(-c2cc3cc[nH]c(=O)c3c(Nc3ccc(CCN4CCC(O)CC4)cc3)n2)n1. The number of rotatable bonds is 6. The number of nitrogens with one attached hydrogen (secondary N) is 2. The molecule has 3 aromatic heterocycles. The molecule has 0 unspecified atom stereocenters. The number of hydrogen-bond acceptors (Lipinski definition) is 6. The molecule has 1 saturated heterocycles. The zero-order chi connectivity index (χ0) is 25.5. The minimum absolute atomic E-state index is 0.140. The number of aromatic amines is 1. The van der Waals surface area contributed by atoms with Crippen molar-refractivity contribution in [2.24, 2.45) is 0 Å². The Hall–Kier alpha value is -3.55. The van der Waals surface area contributed by atoms with Crippen molar-refractivity contribution in [3.63, 3.8) is 0 Å². The number of benzene rings is 1. The number of hydrogen-bond donors (Lipinski definition) is 3. The molecule has 5 rings (SSSR count). The van der Waals surface area contributed by atoms with Crippen LogP contribution in [0.3, 0.4) is 0 Å². The summed E-state index contributed by atoms with van der Waals surface area (Å²) < 4.78 is 0. The van der Waals surface area contributed by atoms with Crippen LogP contribution in [0.5, 0.6) is 0 Å². The van der Waals surface area contributed by atoms with E-state index in [0.717, 1.165) is 61.4 Å². The summed E-state index contributed by atoms with van der Waals surface area (Å²) in [6.45, 7) is 8.86. The van der Waals surface area contributed by atoms with Crippen LogP contribution in [0.15, 0.2) is 65.6 Å². The molecule has 188 valence electrons. The van der Waals surface area contributed by atoms with Crippen LogP contribution in [-0.4, -0.2) is 50.7 Å². The molecule has 0 atom stereocenters. The van der Waals surface area contributed by atoms with Crippen molar-refractivity contribution in [1.82, 2.24) is 19.9 Å². The molecule has 36 heavy (non-hydrogen) atoms. The lowest BCUT2D eigenvalue weighted by molar-refractivity contribution is 0.0832. The quantitative estimate of drug-likeness (QED) is 0.353. The van der Waals surface area contributed by atoms with Gasteiger partial charge in [0.15, 0.2) is 0 Å². The number of nitrogens with zero attached hydrogens (tertiary/aromatic N) is 3. The molecule has 0 radical (unpaired) electrons. The molecule has 1 aliphatic rings. The summed E-state index contributed by atoms with van der Waals surface area (Å²) >= 11 is 0. The first-order valence-corrected chi connectivity index (χ1v) is 12.8. The highest BCUT2D eigenvalue weighted by Crippen LogP contribution is 2.27. The number of fused-ring (bicyclic) bond motifs is 1. The lowest BCUT2D eigenvalue weighted by Gasteiger charge is -2.29. The Labute approximate surface area is 212 Å². The van der Waals surface area contributed by atoms with E-state index >= 15 is 0 Å². The number of aromatic nitrogens is 3. The maximum absolute atomic E-state index is 12.6. The van der Waals surface area contributed by atoms with Crippen LogP contribution in [0.25, 0.3) is 22.2 Å². The smallest absolute Gasteiger partial charge is 0.259 e. The van der Waals surface area contributed by atoms with Crippen LogP contribution >= 0.6 is 0 Å². The number of aryl methyl sites for hydroxylation is 1. The molecule has 0 spiro atoms. The highest BCUT2D eigenvalue weighted by molar-refractivity contribution is 5.94. The number of aliphatic hydroxyl groups excluding tert-OH is 1. The third-order valence-corrected chi connectivity index (χ3v) is 6.40. The van der Waals surface area contributed by atoms with E-state index in [1.807, 2.05) is 63.2 Å². The van der Waals surface area contributed by atoms with E-state index in [-0.39, 0.29) is 11.7 Å². The van der Waals surface area contributed by atoms with E-state index in [1.54, 1.807) is 6.20 Å². The Kier molecular flexibility index (Phi) is 8.46. The molecule has 4 heterocycles. The Balaban J connectivity index is 0.00000148. The molecule has 0 saturated carbocycles. The molecular weight excluding hydrogens is 450 g/mol. The molecule has 4 aromatic rings. The second-order valence-corrected chi connectivity index (χ2v) is 8.94. The number of H-pyrrole nitrogens is 1. The predicted molar refractivity (Wildman–Crippen MR) is 147 cm³/mol. The zero-order valence-electron chi connectivity index (χ0n) is 21.3. The monoisotopic (exact) mass is 485 g/mol. The van der Waals surface area contributed by atoms with E-state index in [4.69, 9.17) is 4.98 Å².